The summed E-state index contributed by atoms with van der Waals surface area (Å²) in [6.07, 6.45) is 0.162. The SMILES string of the molecule is CN(C)c1cc(-c2ccc(CN3CCN(c4ccccc4F)CC3)o2)c(O)c2c1CC1CC3C(N(C)C)C(=O)C(C(N)=O)=C(O)C3(O)C(=O)C1=C2O. The molecule has 1 saturated carbocycles. The van der Waals surface area contributed by atoms with E-state index in [0.29, 0.717) is 61.2 Å². The van der Waals surface area contributed by atoms with Crippen LogP contribution >= 0.6 is 0 Å². The van der Waals surface area contributed by atoms with Crippen molar-refractivity contribution in [3.8, 4) is 17.1 Å². The summed E-state index contributed by atoms with van der Waals surface area (Å²) < 4.78 is 20.6. The maximum Gasteiger partial charge on any atom is 0.255 e. The number of para-hydroxylation sites is 1. The molecule has 2 fully saturated rings. The van der Waals surface area contributed by atoms with Gasteiger partial charge < -0.3 is 40.4 Å². The summed E-state index contributed by atoms with van der Waals surface area (Å²) in [6.45, 7) is 3.11. The van der Waals surface area contributed by atoms with Crippen LogP contribution in [0.2, 0.25) is 0 Å². The van der Waals surface area contributed by atoms with Crippen molar-refractivity contribution < 1.29 is 43.6 Å². The maximum atomic E-state index is 14.3. The molecule has 1 aromatic heterocycles. The van der Waals surface area contributed by atoms with Crippen LogP contribution in [0.1, 0.15) is 23.3 Å². The van der Waals surface area contributed by atoms with Crippen LogP contribution in [0.25, 0.3) is 17.1 Å². The van der Waals surface area contributed by atoms with Crippen LogP contribution in [-0.4, -0.2) is 114 Å². The van der Waals surface area contributed by atoms with Crippen molar-refractivity contribution in [2.24, 2.45) is 17.6 Å². The molecular weight excluding hydrogens is 673 g/mol. The molecule has 14 heteroatoms. The van der Waals surface area contributed by atoms with E-state index in [9.17, 15) is 39.2 Å². The van der Waals surface area contributed by atoms with Gasteiger partial charge in [-0.1, -0.05) is 12.1 Å². The molecule has 4 atom stereocenters. The van der Waals surface area contributed by atoms with E-state index in [1.807, 2.05) is 30.0 Å². The quantitative estimate of drug-likeness (QED) is 0.226. The minimum absolute atomic E-state index is 0.00274. The van der Waals surface area contributed by atoms with Gasteiger partial charge in [0.2, 0.25) is 5.78 Å². The second-order valence-electron chi connectivity index (χ2n) is 14.5. The largest absolute Gasteiger partial charge is 0.508 e. The number of rotatable bonds is 7. The van der Waals surface area contributed by atoms with E-state index in [1.165, 1.54) is 11.0 Å². The molecule has 0 spiro atoms. The van der Waals surface area contributed by atoms with Gasteiger partial charge in [-0.05, 0) is 68.8 Å². The summed E-state index contributed by atoms with van der Waals surface area (Å²) >= 11 is 0. The molecule has 3 aliphatic carbocycles. The van der Waals surface area contributed by atoms with Gasteiger partial charge in [-0.2, -0.15) is 0 Å². The number of aliphatic hydroxyl groups excluding tert-OH is 2. The lowest BCUT2D eigenvalue weighted by molar-refractivity contribution is -0.153. The van der Waals surface area contributed by atoms with Crippen molar-refractivity contribution >= 4 is 34.6 Å². The summed E-state index contributed by atoms with van der Waals surface area (Å²) in [5.41, 5.74) is 3.65. The molecule has 52 heavy (non-hydrogen) atoms. The Hall–Kier alpha value is -5.18. The van der Waals surface area contributed by atoms with Crippen molar-refractivity contribution in [2.45, 2.75) is 31.0 Å². The number of phenols is 1. The highest BCUT2D eigenvalue weighted by Crippen LogP contribution is 2.55. The number of halogens is 1. The van der Waals surface area contributed by atoms with Gasteiger partial charge in [0, 0.05) is 57.5 Å². The number of nitrogens with two attached hydrogens (primary N) is 1. The molecule has 4 aliphatic rings. The van der Waals surface area contributed by atoms with Gasteiger partial charge in [0.1, 0.15) is 40.2 Å². The second kappa shape index (κ2) is 12.8. The molecule has 274 valence electrons. The molecule has 0 bridgehead atoms. The Balaban J connectivity index is 1.23. The highest BCUT2D eigenvalue weighted by Gasteiger charge is 2.64. The van der Waals surface area contributed by atoms with Gasteiger partial charge in [-0.25, -0.2) is 4.39 Å². The van der Waals surface area contributed by atoms with E-state index in [4.69, 9.17) is 10.2 Å². The Morgan fingerprint density at radius 2 is 1.73 bits per heavy atom. The molecular formula is C38H42FN5O8. The van der Waals surface area contributed by atoms with Gasteiger partial charge in [0.05, 0.1) is 29.4 Å². The van der Waals surface area contributed by atoms with Gasteiger partial charge in [0.15, 0.2) is 11.4 Å². The molecule has 3 aromatic rings. The van der Waals surface area contributed by atoms with Crippen molar-refractivity contribution in [3.63, 3.8) is 0 Å². The van der Waals surface area contributed by atoms with E-state index in [0.717, 1.165) is 0 Å². The smallest absolute Gasteiger partial charge is 0.255 e. The van der Waals surface area contributed by atoms with Crippen LogP contribution in [0.15, 0.2) is 63.8 Å². The molecule has 1 saturated heterocycles. The number of nitrogens with zero attached hydrogens (tertiary/aromatic N) is 4. The molecule has 2 heterocycles. The first-order valence-corrected chi connectivity index (χ1v) is 17.2. The monoisotopic (exact) mass is 715 g/mol. The van der Waals surface area contributed by atoms with E-state index < -0.39 is 58.0 Å². The first-order valence-electron chi connectivity index (χ1n) is 17.2. The zero-order valence-corrected chi connectivity index (χ0v) is 29.4. The number of benzene rings is 2. The van der Waals surface area contributed by atoms with Crippen molar-refractivity contribution in [1.29, 1.82) is 0 Å². The lowest BCUT2D eigenvalue weighted by atomic mass is 9.57. The average Bonchev–Trinajstić information content (AvgIpc) is 3.54. The minimum Gasteiger partial charge on any atom is -0.508 e. The van der Waals surface area contributed by atoms with Gasteiger partial charge >= 0.3 is 0 Å². The predicted molar refractivity (Wildman–Crippen MR) is 190 cm³/mol. The Kier molecular flexibility index (Phi) is 8.67. The number of likely N-dealkylation sites (N-methyl/N-ethyl adjacent to an activating group) is 1. The Morgan fingerprint density at radius 1 is 1.04 bits per heavy atom. The number of carbonyl (C=O) groups excluding carboxylic acids is 3. The molecule has 1 aliphatic heterocycles. The van der Waals surface area contributed by atoms with Crippen LogP contribution in [-0.2, 0) is 27.3 Å². The molecule has 7 rings (SSSR count). The number of primary amides is 1. The zero-order chi connectivity index (χ0) is 37.4. The van der Waals surface area contributed by atoms with Crippen molar-refractivity contribution in [2.75, 3.05) is 64.2 Å². The lowest BCUT2D eigenvalue weighted by Crippen LogP contribution is -2.65. The van der Waals surface area contributed by atoms with E-state index in [1.54, 1.807) is 44.4 Å². The number of Topliss-reactive ketones (excluding diaryl/α,β-unsaturated/α-hetero) is 2. The molecule has 13 nitrogen and oxygen atoms in total. The number of piperazine rings is 1. The number of amides is 1. The van der Waals surface area contributed by atoms with E-state index >= 15 is 0 Å². The van der Waals surface area contributed by atoms with Crippen LogP contribution < -0.4 is 15.5 Å². The van der Waals surface area contributed by atoms with Crippen molar-refractivity contribution in [3.05, 3.63) is 82.1 Å². The highest BCUT2D eigenvalue weighted by atomic mass is 19.1. The number of furan rings is 1. The molecule has 6 N–H and O–H groups in total. The highest BCUT2D eigenvalue weighted by molar-refractivity contribution is 6.24. The third-order valence-electron chi connectivity index (χ3n) is 11.1. The third kappa shape index (κ3) is 5.35. The zero-order valence-electron chi connectivity index (χ0n) is 29.4. The number of anilines is 2. The minimum atomic E-state index is -2.72. The lowest BCUT2D eigenvalue weighted by Gasteiger charge is -2.50. The van der Waals surface area contributed by atoms with Crippen molar-refractivity contribution in [1.82, 2.24) is 9.80 Å². The van der Waals surface area contributed by atoms with Gasteiger partial charge in [-0.15, -0.1) is 0 Å². The predicted octanol–water partition coefficient (Wildman–Crippen LogP) is 2.75. The molecule has 2 aromatic carbocycles. The number of ketones is 2. The van der Waals surface area contributed by atoms with Crippen LogP contribution in [0.3, 0.4) is 0 Å². The fourth-order valence-electron chi connectivity index (χ4n) is 8.56. The number of phenolic OH excluding ortho intramolecular Hbond substituents is 1. The maximum absolute atomic E-state index is 14.3. The number of aromatic hydroxyl groups is 1. The Labute approximate surface area is 299 Å². The van der Waals surface area contributed by atoms with Gasteiger partial charge in [-0.3, -0.25) is 24.2 Å². The van der Waals surface area contributed by atoms with Gasteiger partial charge in [0.25, 0.3) is 5.91 Å². The molecule has 4 unspecified atom stereocenters. The first kappa shape index (κ1) is 35.2. The summed E-state index contributed by atoms with van der Waals surface area (Å²) in [7, 11) is 6.74. The third-order valence-corrected chi connectivity index (χ3v) is 11.1. The number of hydrogen-bond donors (Lipinski definition) is 5. The number of carbonyl (C=O) groups is 3. The fraction of sp³-hybridized carbons (Fsp3) is 0.395. The topological polar surface area (TPSA) is 184 Å². The summed E-state index contributed by atoms with van der Waals surface area (Å²) in [5, 5.41) is 46.7. The molecule has 0 radical (unpaired) electrons. The number of aliphatic hydroxyl groups is 3. The Bertz CT molecular complexity index is 2060. The number of fused-ring (bicyclic) bond motifs is 3. The summed E-state index contributed by atoms with van der Waals surface area (Å²) in [5.74, 6) is -6.36. The standard InChI is InChI=1S/C38H42FN5O8/c1-41(2)26-17-22(27-10-9-20(52-27)18-43-11-13-44(14-12-43)25-8-6-5-7-24(25)39)32(45)29-21(26)15-19-16-23-31(42(3)4)34(47)30(37(40)50)36(49)38(23,51)35(48)28(19)33(29)46/h5-10,17,19,23,31,45-46,49,51H,11-16,18H2,1-4H3,(H2,40,50). The first-order chi connectivity index (χ1) is 24.6. The Morgan fingerprint density at radius 3 is 2.37 bits per heavy atom. The van der Waals surface area contributed by atoms with E-state index in [2.05, 4.69) is 4.90 Å². The van der Waals surface area contributed by atoms with Crippen LogP contribution in [0.4, 0.5) is 15.8 Å². The summed E-state index contributed by atoms with van der Waals surface area (Å²) in [6, 6.07) is 10.8. The summed E-state index contributed by atoms with van der Waals surface area (Å²) in [4.78, 5) is 47.5. The molecule has 1 amide bonds. The average molecular weight is 716 g/mol. The van der Waals surface area contributed by atoms with Crippen LogP contribution in [0, 0.1) is 17.7 Å². The fourth-order valence-corrected chi connectivity index (χ4v) is 8.56. The van der Waals surface area contributed by atoms with Crippen LogP contribution in [0.5, 0.6) is 5.75 Å². The second-order valence-corrected chi connectivity index (χ2v) is 14.5. The number of hydrogen-bond acceptors (Lipinski definition) is 12. The van der Waals surface area contributed by atoms with E-state index in [-0.39, 0.29) is 41.1 Å². The normalized spacial score (nSPS) is 25.0.